The molecule has 6 rings (SSSR count). The minimum atomic E-state index is -0.435. The number of hydrogen-bond acceptors (Lipinski definition) is 6. The van der Waals surface area contributed by atoms with Crippen LogP contribution in [0.2, 0.25) is 0 Å². The summed E-state index contributed by atoms with van der Waals surface area (Å²) in [6, 6.07) is 14.4. The zero-order valence-electron chi connectivity index (χ0n) is 20.0. The molecule has 4 aromatic rings. The molecule has 2 aliphatic rings. The Morgan fingerprint density at radius 3 is 2.89 bits per heavy atom. The molecular weight excluding hydrogens is 463 g/mol. The molecule has 36 heavy (non-hydrogen) atoms. The van der Waals surface area contributed by atoms with Crippen LogP contribution in [0.4, 0.5) is 4.39 Å². The van der Waals surface area contributed by atoms with Crippen molar-refractivity contribution < 1.29 is 28.1 Å². The fraction of sp³-hybridized carbons (Fsp3) is 0.286. The standard InChI is InChI=1S/C28H25FN2O5/c1-31-23-8-4-18(11-16(23)14-30-31)35-24-10-7-22(29)28-21(24)6-9-25(28)36-19-3-5-20-17(12-27(32)33-2)15-34-26(20)13-19/h3-5,7-8,10-11,13-14,17,25H,6,9,12,15H2,1-2H3. The van der Waals surface area contributed by atoms with Crippen LogP contribution in [0.3, 0.4) is 0 Å². The first-order chi connectivity index (χ1) is 17.5. The summed E-state index contributed by atoms with van der Waals surface area (Å²) in [6.07, 6.45) is 2.90. The van der Waals surface area contributed by atoms with E-state index < -0.39 is 6.10 Å². The van der Waals surface area contributed by atoms with Crippen LogP contribution in [0, 0.1) is 5.82 Å². The van der Waals surface area contributed by atoms with Gasteiger partial charge in [-0.05, 0) is 49.2 Å². The molecule has 0 bridgehead atoms. The molecule has 1 aliphatic carbocycles. The average Bonchev–Trinajstić information content (AvgIpc) is 3.59. The highest BCUT2D eigenvalue weighted by atomic mass is 19.1. The Bertz CT molecular complexity index is 1480. The van der Waals surface area contributed by atoms with E-state index in [1.807, 2.05) is 43.4 Å². The number of benzene rings is 3. The van der Waals surface area contributed by atoms with E-state index in [2.05, 4.69) is 5.10 Å². The van der Waals surface area contributed by atoms with Crippen LogP contribution in [-0.4, -0.2) is 29.5 Å². The van der Waals surface area contributed by atoms with Crippen LogP contribution in [0.1, 0.15) is 41.6 Å². The second-order valence-corrected chi connectivity index (χ2v) is 9.16. The number of aryl methyl sites for hydroxylation is 1. The van der Waals surface area contributed by atoms with Crippen molar-refractivity contribution >= 4 is 16.9 Å². The highest BCUT2D eigenvalue weighted by molar-refractivity contribution is 5.80. The van der Waals surface area contributed by atoms with Gasteiger partial charge in [-0.1, -0.05) is 6.07 Å². The third kappa shape index (κ3) is 3.92. The van der Waals surface area contributed by atoms with Gasteiger partial charge < -0.3 is 18.9 Å². The number of carbonyl (C=O) groups is 1. The third-order valence-electron chi connectivity index (χ3n) is 6.97. The third-order valence-corrected chi connectivity index (χ3v) is 6.97. The van der Waals surface area contributed by atoms with E-state index in [1.54, 1.807) is 16.9 Å². The number of hydrogen-bond donors (Lipinski definition) is 0. The molecule has 0 N–H and O–H groups in total. The van der Waals surface area contributed by atoms with Gasteiger partial charge in [0.15, 0.2) is 0 Å². The van der Waals surface area contributed by atoms with Crippen LogP contribution < -0.4 is 14.2 Å². The van der Waals surface area contributed by atoms with Gasteiger partial charge in [0, 0.05) is 41.1 Å². The van der Waals surface area contributed by atoms with E-state index in [0.717, 1.165) is 22.0 Å². The molecule has 2 heterocycles. The van der Waals surface area contributed by atoms with Gasteiger partial charge in [-0.25, -0.2) is 4.39 Å². The van der Waals surface area contributed by atoms with Crippen molar-refractivity contribution in [2.24, 2.45) is 7.05 Å². The molecule has 0 spiro atoms. The summed E-state index contributed by atoms with van der Waals surface area (Å²) in [7, 11) is 3.27. The van der Waals surface area contributed by atoms with Crippen LogP contribution >= 0.6 is 0 Å². The van der Waals surface area contributed by atoms with E-state index in [9.17, 15) is 9.18 Å². The van der Waals surface area contributed by atoms with Gasteiger partial charge in [0.1, 0.15) is 34.9 Å². The van der Waals surface area contributed by atoms with Crippen molar-refractivity contribution in [2.75, 3.05) is 13.7 Å². The minimum Gasteiger partial charge on any atom is -0.492 e. The monoisotopic (exact) mass is 488 g/mol. The van der Waals surface area contributed by atoms with Gasteiger partial charge in [0.25, 0.3) is 0 Å². The molecule has 0 amide bonds. The normalized spacial score (nSPS) is 18.0. The minimum absolute atomic E-state index is 0.0447. The van der Waals surface area contributed by atoms with Gasteiger partial charge in [-0.3, -0.25) is 9.48 Å². The summed E-state index contributed by atoms with van der Waals surface area (Å²) in [5.74, 6) is 1.96. The molecule has 8 heteroatoms. The van der Waals surface area contributed by atoms with E-state index in [0.29, 0.717) is 48.0 Å². The number of carbonyl (C=O) groups excluding carboxylic acids is 1. The highest BCUT2D eigenvalue weighted by Gasteiger charge is 2.32. The summed E-state index contributed by atoms with van der Waals surface area (Å²) in [6.45, 7) is 0.417. The Kier molecular flexibility index (Phi) is 5.51. The van der Waals surface area contributed by atoms with E-state index in [4.69, 9.17) is 18.9 Å². The Morgan fingerprint density at radius 1 is 1.17 bits per heavy atom. The van der Waals surface area contributed by atoms with Crippen molar-refractivity contribution in [3.05, 3.63) is 77.2 Å². The molecule has 0 fully saturated rings. The predicted octanol–water partition coefficient (Wildman–Crippen LogP) is 5.61. The lowest BCUT2D eigenvalue weighted by Crippen LogP contribution is -2.09. The number of halogens is 1. The number of nitrogens with zero attached hydrogens (tertiary/aromatic N) is 2. The Morgan fingerprint density at radius 2 is 2.03 bits per heavy atom. The smallest absolute Gasteiger partial charge is 0.306 e. The van der Waals surface area contributed by atoms with Crippen LogP contribution in [-0.2, 0) is 23.0 Å². The first kappa shape index (κ1) is 22.4. The van der Waals surface area contributed by atoms with Crippen molar-refractivity contribution in [1.82, 2.24) is 9.78 Å². The topological polar surface area (TPSA) is 71.8 Å². The largest absolute Gasteiger partial charge is 0.492 e. The maximum atomic E-state index is 15.0. The summed E-state index contributed by atoms with van der Waals surface area (Å²) >= 11 is 0. The van der Waals surface area contributed by atoms with E-state index in [-0.39, 0.29) is 24.1 Å². The number of esters is 1. The quantitative estimate of drug-likeness (QED) is 0.329. The summed E-state index contributed by atoms with van der Waals surface area (Å²) in [4.78, 5) is 11.7. The lowest BCUT2D eigenvalue weighted by molar-refractivity contribution is -0.141. The van der Waals surface area contributed by atoms with Crippen molar-refractivity contribution in [1.29, 1.82) is 0 Å². The Balaban J connectivity index is 1.22. The molecule has 1 aromatic heterocycles. The average molecular weight is 489 g/mol. The van der Waals surface area contributed by atoms with Gasteiger partial charge in [0.05, 0.1) is 31.9 Å². The fourth-order valence-electron chi connectivity index (χ4n) is 5.14. The van der Waals surface area contributed by atoms with Gasteiger partial charge in [-0.2, -0.15) is 5.10 Å². The second kappa shape index (κ2) is 8.86. The first-order valence-electron chi connectivity index (χ1n) is 11.9. The number of fused-ring (bicyclic) bond motifs is 3. The SMILES string of the molecule is COC(=O)CC1COc2cc(OC3CCc4c(Oc5ccc6c(cnn6C)c5)ccc(F)c43)ccc21. The molecular formula is C28H25FN2O5. The highest BCUT2D eigenvalue weighted by Crippen LogP contribution is 2.44. The van der Waals surface area contributed by atoms with Gasteiger partial charge >= 0.3 is 5.97 Å². The number of ether oxygens (including phenoxy) is 4. The first-order valence-corrected chi connectivity index (χ1v) is 11.9. The maximum absolute atomic E-state index is 15.0. The van der Waals surface area contributed by atoms with Gasteiger partial charge in [0.2, 0.25) is 0 Å². The van der Waals surface area contributed by atoms with Crippen molar-refractivity contribution in [3.63, 3.8) is 0 Å². The molecule has 7 nitrogen and oxygen atoms in total. The van der Waals surface area contributed by atoms with Crippen molar-refractivity contribution in [2.45, 2.75) is 31.3 Å². The molecule has 0 saturated heterocycles. The molecule has 184 valence electrons. The lowest BCUT2D eigenvalue weighted by atomic mass is 9.98. The molecule has 0 saturated carbocycles. The Hall–Kier alpha value is -4.07. The number of methoxy groups -OCH3 is 1. The molecule has 1 aliphatic heterocycles. The zero-order valence-corrected chi connectivity index (χ0v) is 20.0. The molecule has 0 radical (unpaired) electrons. The molecule has 2 unspecified atom stereocenters. The van der Waals surface area contributed by atoms with Crippen LogP contribution in [0.5, 0.6) is 23.0 Å². The summed E-state index contributed by atoms with van der Waals surface area (Å²) in [5, 5.41) is 5.25. The predicted molar refractivity (Wildman–Crippen MR) is 130 cm³/mol. The number of aromatic nitrogens is 2. The molecule has 2 atom stereocenters. The maximum Gasteiger partial charge on any atom is 0.306 e. The van der Waals surface area contributed by atoms with Crippen LogP contribution in [0.15, 0.2) is 54.7 Å². The fourth-order valence-corrected chi connectivity index (χ4v) is 5.14. The Labute approximate surface area is 207 Å². The van der Waals surface area contributed by atoms with Crippen LogP contribution in [0.25, 0.3) is 10.9 Å². The zero-order chi connectivity index (χ0) is 24.8. The van der Waals surface area contributed by atoms with Gasteiger partial charge in [-0.15, -0.1) is 0 Å². The second-order valence-electron chi connectivity index (χ2n) is 9.16. The van der Waals surface area contributed by atoms with Crippen molar-refractivity contribution in [3.8, 4) is 23.0 Å². The van der Waals surface area contributed by atoms with E-state index >= 15 is 0 Å². The lowest BCUT2D eigenvalue weighted by Gasteiger charge is -2.17. The summed E-state index contributed by atoms with van der Waals surface area (Å²) in [5.41, 5.74) is 3.31. The molecule has 3 aromatic carbocycles. The number of rotatable bonds is 6. The van der Waals surface area contributed by atoms with E-state index in [1.165, 1.54) is 13.2 Å². The summed E-state index contributed by atoms with van der Waals surface area (Å²) < 4.78 is 39.8.